The third kappa shape index (κ3) is 5.82. The zero-order valence-corrected chi connectivity index (χ0v) is 20.3. The Morgan fingerprint density at radius 3 is 2.39 bits per heavy atom. The Bertz CT molecular complexity index is 1220. The summed E-state index contributed by atoms with van der Waals surface area (Å²) in [6.45, 7) is 4.30. The van der Waals surface area contributed by atoms with E-state index in [4.69, 9.17) is 4.42 Å². The number of hydrogen-bond donors (Lipinski definition) is 1. The molecule has 33 heavy (non-hydrogen) atoms. The summed E-state index contributed by atoms with van der Waals surface area (Å²) < 4.78 is 32.1. The quantitative estimate of drug-likeness (QED) is 0.452. The maximum Gasteiger partial charge on any atom is 0.322 e. The topological polar surface area (TPSA) is 105 Å². The van der Waals surface area contributed by atoms with E-state index in [1.54, 1.807) is 18.8 Å². The van der Waals surface area contributed by atoms with Gasteiger partial charge >= 0.3 is 6.01 Å². The van der Waals surface area contributed by atoms with Crippen molar-refractivity contribution in [3.8, 4) is 0 Å². The fraction of sp³-hybridized carbons (Fsp3) is 0.348. The van der Waals surface area contributed by atoms with Crippen LogP contribution in [0.3, 0.4) is 0 Å². The molecule has 3 aromatic rings. The summed E-state index contributed by atoms with van der Waals surface area (Å²) in [5.41, 5.74) is 1.32. The van der Waals surface area contributed by atoms with Gasteiger partial charge < -0.3 is 4.42 Å². The summed E-state index contributed by atoms with van der Waals surface area (Å²) >= 11 is 1.79. The van der Waals surface area contributed by atoms with E-state index in [-0.39, 0.29) is 17.0 Å². The number of carbonyl (C=O) groups excluding carboxylic acids is 1. The minimum absolute atomic E-state index is 0.00727. The first-order valence-corrected chi connectivity index (χ1v) is 13.0. The lowest BCUT2D eigenvalue weighted by atomic mass is 10.1. The molecule has 0 aliphatic heterocycles. The molecule has 0 unspecified atom stereocenters. The molecule has 174 valence electrons. The van der Waals surface area contributed by atoms with Gasteiger partial charge in [-0.25, -0.2) is 8.42 Å². The molecule has 0 bridgehead atoms. The first kappa shape index (κ1) is 23.5. The minimum Gasteiger partial charge on any atom is -0.407 e. The molecule has 1 aliphatic carbocycles. The van der Waals surface area contributed by atoms with Crippen LogP contribution in [0, 0.1) is 0 Å². The number of benzene rings is 2. The fourth-order valence-corrected chi connectivity index (χ4v) is 5.51. The van der Waals surface area contributed by atoms with E-state index in [1.807, 2.05) is 12.1 Å². The van der Waals surface area contributed by atoms with Gasteiger partial charge in [0.15, 0.2) is 0 Å². The molecule has 1 N–H and O–H groups in total. The molecule has 10 heteroatoms. The molecule has 0 radical (unpaired) electrons. The highest BCUT2D eigenvalue weighted by Gasteiger charge is 2.35. The van der Waals surface area contributed by atoms with Crippen LogP contribution in [0.5, 0.6) is 0 Å². The van der Waals surface area contributed by atoms with Crippen molar-refractivity contribution in [1.82, 2.24) is 14.5 Å². The van der Waals surface area contributed by atoms with Gasteiger partial charge in [-0.3, -0.25) is 10.1 Å². The van der Waals surface area contributed by atoms with Gasteiger partial charge in [-0.1, -0.05) is 31.1 Å². The molecule has 1 saturated carbocycles. The van der Waals surface area contributed by atoms with Crippen molar-refractivity contribution in [2.75, 3.05) is 12.4 Å². The Balaban J connectivity index is 1.36. The summed E-state index contributed by atoms with van der Waals surface area (Å²) in [4.78, 5) is 13.9. The van der Waals surface area contributed by atoms with Crippen LogP contribution in [0.1, 0.15) is 48.5 Å². The van der Waals surface area contributed by atoms with Crippen LogP contribution in [-0.4, -0.2) is 47.2 Å². The van der Waals surface area contributed by atoms with Gasteiger partial charge in [0, 0.05) is 28.8 Å². The van der Waals surface area contributed by atoms with Crippen molar-refractivity contribution in [3.63, 3.8) is 0 Å². The van der Waals surface area contributed by atoms with Gasteiger partial charge in [0.25, 0.3) is 5.91 Å². The van der Waals surface area contributed by atoms with Gasteiger partial charge in [-0.2, -0.15) is 4.31 Å². The van der Waals surface area contributed by atoms with Gasteiger partial charge in [-0.05, 0) is 54.8 Å². The second-order valence-corrected chi connectivity index (χ2v) is 11.9. The molecule has 4 rings (SSSR count). The number of nitrogens with one attached hydrogen (secondary N) is 1. The number of nitrogens with zero attached hydrogens (tertiary/aromatic N) is 3. The number of hydrogen-bond acceptors (Lipinski definition) is 7. The van der Waals surface area contributed by atoms with E-state index < -0.39 is 15.9 Å². The molecule has 0 saturated heterocycles. The summed E-state index contributed by atoms with van der Waals surface area (Å²) in [5.74, 6) is -0.0705. The zero-order chi connectivity index (χ0) is 23.6. The first-order chi connectivity index (χ1) is 15.7. The number of anilines is 1. The van der Waals surface area contributed by atoms with Crippen LogP contribution in [0.25, 0.3) is 0 Å². The molecule has 0 spiro atoms. The number of sulfonamides is 1. The van der Waals surface area contributed by atoms with Crippen LogP contribution in [0.4, 0.5) is 6.01 Å². The van der Waals surface area contributed by atoms with E-state index in [0.29, 0.717) is 23.1 Å². The number of amides is 1. The van der Waals surface area contributed by atoms with Gasteiger partial charge in [0.1, 0.15) is 0 Å². The molecule has 0 atom stereocenters. The SMILES string of the molecule is CC(C)Sc1ccc(Cc2nnc(NC(=O)c3ccc(S(=O)(=O)N(C)C4CC4)cc3)o2)cc1. The average Bonchev–Trinajstić information content (AvgIpc) is 3.55. The van der Waals surface area contributed by atoms with E-state index in [1.165, 1.54) is 33.5 Å². The Labute approximate surface area is 197 Å². The lowest BCUT2D eigenvalue weighted by Gasteiger charge is -2.16. The second-order valence-electron chi connectivity index (χ2n) is 8.22. The minimum atomic E-state index is -3.55. The van der Waals surface area contributed by atoms with Crippen LogP contribution >= 0.6 is 11.8 Å². The van der Waals surface area contributed by atoms with Crippen molar-refractivity contribution in [1.29, 1.82) is 0 Å². The number of rotatable bonds is 9. The highest BCUT2D eigenvalue weighted by Crippen LogP contribution is 2.30. The first-order valence-electron chi connectivity index (χ1n) is 10.7. The Kier molecular flexibility index (Phi) is 6.87. The molecule has 2 aromatic carbocycles. The van der Waals surface area contributed by atoms with Crippen LogP contribution < -0.4 is 5.32 Å². The van der Waals surface area contributed by atoms with Crippen LogP contribution in [-0.2, 0) is 16.4 Å². The standard InChI is InChI=1S/C23H26N4O4S2/c1-15(2)32-19-10-4-16(5-11-19)14-21-25-26-23(31-21)24-22(28)17-6-12-20(13-7-17)33(29,30)27(3)18-8-9-18/h4-7,10-13,15,18H,8-9,14H2,1-3H3,(H,24,26,28). The van der Waals surface area contributed by atoms with Crippen molar-refractivity contribution >= 4 is 33.7 Å². The maximum atomic E-state index is 12.6. The Hall–Kier alpha value is -2.69. The predicted octanol–water partition coefficient (Wildman–Crippen LogP) is 4.20. The number of carbonyl (C=O) groups is 1. The normalized spacial score (nSPS) is 14.1. The summed E-state index contributed by atoms with van der Waals surface area (Å²) in [6, 6.07) is 14.0. The molecule has 1 aromatic heterocycles. The third-order valence-electron chi connectivity index (χ3n) is 5.19. The second kappa shape index (κ2) is 9.66. The van der Waals surface area contributed by atoms with Crippen molar-refractivity contribution in [2.45, 2.75) is 54.2 Å². The summed E-state index contributed by atoms with van der Waals surface area (Å²) in [5, 5.41) is 11.0. The van der Waals surface area contributed by atoms with E-state index in [2.05, 4.69) is 41.5 Å². The molecule has 1 fully saturated rings. The van der Waals surface area contributed by atoms with Crippen LogP contribution in [0.2, 0.25) is 0 Å². The fourth-order valence-electron chi connectivity index (χ4n) is 3.26. The Morgan fingerprint density at radius 1 is 1.12 bits per heavy atom. The number of aromatic nitrogens is 2. The molecule has 1 aliphatic rings. The van der Waals surface area contributed by atoms with Crippen molar-refractivity contribution in [2.24, 2.45) is 0 Å². The smallest absolute Gasteiger partial charge is 0.322 e. The maximum absolute atomic E-state index is 12.6. The molecule has 8 nitrogen and oxygen atoms in total. The van der Waals surface area contributed by atoms with Gasteiger partial charge in [-0.15, -0.1) is 16.9 Å². The van der Waals surface area contributed by atoms with Gasteiger partial charge in [0.2, 0.25) is 15.9 Å². The average molecular weight is 487 g/mol. The monoisotopic (exact) mass is 486 g/mol. The van der Waals surface area contributed by atoms with E-state index in [9.17, 15) is 13.2 Å². The predicted molar refractivity (Wildman–Crippen MR) is 127 cm³/mol. The highest BCUT2D eigenvalue weighted by molar-refractivity contribution is 7.99. The highest BCUT2D eigenvalue weighted by atomic mass is 32.2. The number of thioether (sulfide) groups is 1. The molecular weight excluding hydrogens is 460 g/mol. The molecule has 1 heterocycles. The molecular formula is C23H26N4O4S2. The summed E-state index contributed by atoms with van der Waals surface area (Å²) in [7, 11) is -1.97. The van der Waals surface area contributed by atoms with E-state index >= 15 is 0 Å². The lowest BCUT2D eigenvalue weighted by molar-refractivity contribution is 0.102. The summed E-state index contributed by atoms with van der Waals surface area (Å²) in [6.07, 6.45) is 2.21. The van der Waals surface area contributed by atoms with Gasteiger partial charge in [0.05, 0.1) is 11.3 Å². The lowest BCUT2D eigenvalue weighted by Crippen LogP contribution is -2.29. The third-order valence-corrected chi connectivity index (χ3v) is 8.13. The van der Waals surface area contributed by atoms with E-state index in [0.717, 1.165) is 18.4 Å². The van der Waals surface area contributed by atoms with Crippen molar-refractivity contribution < 1.29 is 17.6 Å². The van der Waals surface area contributed by atoms with Crippen LogP contribution in [0.15, 0.2) is 62.7 Å². The molecule has 1 amide bonds. The van der Waals surface area contributed by atoms with Crippen molar-refractivity contribution in [3.05, 3.63) is 65.5 Å². The largest absolute Gasteiger partial charge is 0.407 e. The Morgan fingerprint density at radius 2 is 1.79 bits per heavy atom. The zero-order valence-electron chi connectivity index (χ0n) is 18.7.